The zero-order valence-corrected chi connectivity index (χ0v) is 19.4. The van der Waals surface area contributed by atoms with Gasteiger partial charge in [-0.25, -0.2) is 0 Å². The summed E-state index contributed by atoms with van der Waals surface area (Å²) >= 11 is 0. The number of carbonyl (C=O) groups is 2. The number of carbonyl (C=O) groups excluding carboxylic acids is 2. The van der Waals surface area contributed by atoms with E-state index < -0.39 is 5.91 Å². The lowest BCUT2D eigenvalue weighted by Crippen LogP contribution is -2.45. The Kier molecular flexibility index (Phi) is 8.48. The monoisotopic (exact) mass is 424 g/mol. The highest BCUT2D eigenvalue weighted by Crippen LogP contribution is 2.36. The fourth-order valence-corrected chi connectivity index (χ4v) is 4.00. The molecule has 0 aromatic heterocycles. The average molecular weight is 425 g/mol. The van der Waals surface area contributed by atoms with Crippen molar-refractivity contribution in [3.63, 3.8) is 0 Å². The number of primary amides is 1. The first-order valence-electron chi connectivity index (χ1n) is 11.0. The Bertz CT molecular complexity index is 895. The van der Waals surface area contributed by atoms with Gasteiger partial charge in [-0.1, -0.05) is 13.8 Å². The maximum Gasteiger partial charge on any atom is 0.248 e. The maximum atomic E-state index is 12.0. The van der Waals surface area contributed by atoms with Gasteiger partial charge >= 0.3 is 0 Å². The van der Waals surface area contributed by atoms with Crippen molar-refractivity contribution in [2.45, 2.75) is 53.5 Å². The van der Waals surface area contributed by atoms with Crippen LogP contribution in [0, 0.1) is 5.92 Å². The molecule has 0 saturated heterocycles. The van der Waals surface area contributed by atoms with Gasteiger partial charge in [0.1, 0.15) is 0 Å². The molecule has 6 heteroatoms. The van der Waals surface area contributed by atoms with Gasteiger partial charge < -0.3 is 21.3 Å². The first-order valence-corrected chi connectivity index (χ1v) is 11.0. The molecule has 1 unspecified atom stereocenters. The van der Waals surface area contributed by atoms with Gasteiger partial charge in [0, 0.05) is 48.7 Å². The van der Waals surface area contributed by atoms with Crippen molar-refractivity contribution in [3.8, 4) is 0 Å². The van der Waals surface area contributed by atoms with Crippen molar-refractivity contribution < 1.29 is 9.59 Å². The topological polar surface area (TPSA) is 92.7 Å². The minimum Gasteiger partial charge on any atom is -0.399 e. The Hall–Kier alpha value is -3.02. The SMILES string of the molecule is CCCN(CC)c1ccc2c(c1)CC(C)[C@H](C)N2C(C)=O.NC(=O)c1ccc(N)cc1. The molecule has 1 aliphatic heterocycles. The van der Waals surface area contributed by atoms with Gasteiger partial charge in [0.05, 0.1) is 0 Å². The molecule has 1 aliphatic rings. The smallest absolute Gasteiger partial charge is 0.248 e. The molecule has 0 radical (unpaired) electrons. The molecule has 3 rings (SSSR count). The summed E-state index contributed by atoms with van der Waals surface area (Å²) in [7, 11) is 0. The third kappa shape index (κ3) is 6.00. The second kappa shape index (κ2) is 10.8. The summed E-state index contributed by atoms with van der Waals surface area (Å²) < 4.78 is 0. The molecule has 1 heterocycles. The molecule has 0 saturated carbocycles. The Morgan fingerprint density at radius 1 is 1.10 bits per heavy atom. The summed E-state index contributed by atoms with van der Waals surface area (Å²) in [4.78, 5) is 26.9. The van der Waals surface area contributed by atoms with Crippen LogP contribution in [-0.4, -0.2) is 30.9 Å². The highest BCUT2D eigenvalue weighted by molar-refractivity contribution is 5.94. The van der Waals surface area contributed by atoms with Crippen molar-refractivity contribution in [3.05, 3.63) is 53.6 Å². The average Bonchev–Trinajstić information content (AvgIpc) is 2.73. The number of nitrogen functional groups attached to an aromatic ring is 1. The highest BCUT2D eigenvalue weighted by Gasteiger charge is 2.31. The molecule has 2 aromatic rings. The number of amides is 2. The number of hydrogen-bond donors (Lipinski definition) is 2. The first-order chi connectivity index (χ1) is 14.7. The lowest BCUT2D eigenvalue weighted by atomic mass is 9.87. The number of anilines is 3. The van der Waals surface area contributed by atoms with Crippen LogP contribution < -0.4 is 21.3 Å². The molecule has 2 atom stereocenters. The quantitative estimate of drug-likeness (QED) is 0.703. The molecule has 2 amide bonds. The van der Waals surface area contributed by atoms with Crippen LogP contribution in [0.1, 0.15) is 57.0 Å². The summed E-state index contributed by atoms with van der Waals surface area (Å²) in [6, 6.07) is 13.3. The van der Waals surface area contributed by atoms with E-state index in [1.807, 2.05) is 4.90 Å². The molecule has 4 N–H and O–H groups in total. The second-order valence-electron chi connectivity index (χ2n) is 8.19. The largest absolute Gasteiger partial charge is 0.399 e. The van der Waals surface area contributed by atoms with E-state index >= 15 is 0 Å². The lowest BCUT2D eigenvalue weighted by Gasteiger charge is -2.39. The summed E-state index contributed by atoms with van der Waals surface area (Å²) in [6.07, 6.45) is 2.20. The molecule has 0 bridgehead atoms. The van der Waals surface area contributed by atoms with Gasteiger partial charge in [-0.2, -0.15) is 0 Å². The summed E-state index contributed by atoms with van der Waals surface area (Å²) in [5.74, 6) is 0.210. The summed E-state index contributed by atoms with van der Waals surface area (Å²) in [6.45, 7) is 12.6. The zero-order valence-electron chi connectivity index (χ0n) is 19.4. The van der Waals surface area contributed by atoms with Crippen molar-refractivity contribution in [2.75, 3.05) is 28.6 Å². The molecule has 0 spiro atoms. The summed E-state index contributed by atoms with van der Waals surface area (Å²) in [5, 5.41) is 0. The minimum absolute atomic E-state index is 0.143. The van der Waals surface area contributed by atoms with E-state index in [2.05, 4.69) is 50.8 Å². The van der Waals surface area contributed by atoms with Crippen LogP contribution in [0.3, 0.4) is 0 Å². The Labute approximate surface area is 186 Å². The van der Waals surface area contributed by atoms with Crippen LogP contribution in [-0.2, 0) is 11.2 Å². The Morgan fingerprint density at radius 2 is 1.74 bits per heavy atom. The van der Waals surface area contributed by atoms with E-state index in [0.29, 0.717) is 17.2 Å². The van der Waals surface area contributed by atoms with E-state index in [1.54, 1.807) is 31.2 Å². The molecule has 6 nitrogen and oxygen atoms in total. The molecular formula is C25H36N4O2. The fraction of sp³-hybridized carbons (Fsp3) is 0.440. The second-order valence-corrected chi connectivity index (χ2v) is 8.19. The number of nitrogens with two attached hydrogens (primary N) is 2. The molecule has 0 fully saturated rings. The van der Waals surface area contributed by atoms with E-state index in [0.717, 1.165) is 31.6 Å². The third-order valence-electron chi connectivity index (χ3n) is 5.87. The number of nitrogens with zero attached hydrogens (tertiary/aromatic N) is 2. The van der Waals surface area contributed by atoms with Crippen molar-refractivity contribution in [2.24, 2.45) is 11.7 Å². The van der Waals surface area contributed by atoms with Gasteiger partial charge in [0.2, 0.25) is 11.8 Å². The minimum atomic E-state index is -0.431. The number of hydrogen-bond acceptors (Lipinski definition) is 4. The number of fused-ring (bicyclic) bond motifs is 1. The van der Waals surface area contributed by atoms with Crippen LogP contribution >= 0.6 is 0 Å². The van der Waals surface area contributed by atoms with Gasteiger partial charge in [-0.05, 0) is 80.6 Å². The van der Waals surface area contributed by atoms with E-state index in [9.17, 15) is 9.59 Å². The zero-order chi connectivity index (χ0) is 23.1. The fourth-order valence-electron chi connectivity index (χ4n) is 4.00. The Morgan fingerprint density at radius 3 is 2.26 bits per heavy atom. The van der Waals surface area contributed by atoms with Crippen LogP contribution in [0.15, 0.2) is 42.5 Å². The van der Waals surface area contributed by atoms with Crippen LogP contribution in [0.25, 0.3) is 0 Å². The highest BCUT2D eigenvalue weighted by atomic mass is 16.2. The predicted octanol–water partition coefficient (Wildman–Crippen LogP) is 4.22. The van der Waals surface area contributed by atoms with E-state index in [1.165, 1.54) is 11.3 Å². The van der Waals surface area contributed by atoms with Gasteiger partial charge in [0.15, 0.2) is 0 Å². The maximum absolute atomic E-state index is 12.0. The van der Waals surface area contributed by atoms with Crippen molar-refractivity contribution in [1.29, 1.82) is 0 Å². The van der Waals surface area contributed by atoms with Gasteiger partial charge in [0.25, 0.3) is 0 Å². The van der Waals surface area contributed by atoms with Crippen LogP contribution in [0.2, 0.25) is 0 Å². The van der Waals surface area contributed by atoms with Crippen LogP contribution in [0.4, 0.5) is 17.1 Å². The van der Waals surface area contributed by atoms with Gasteiger partial charge in [-0.3, -0.25) is 9.59 Å². The first kappa shape index (κ1) is 24.3. The molecule has 0 aliphatic carbocycles. The number of rotatable bonds is 5. The van der Waals surface area contributed by atoms with Gasteiger partial charge in [-0.15, -0.1) is 0 Å². The number of benzene rings is 2. The van der Waals surface area contributed by atoms with Crippen molar-refractivity contribution in [1.82, 2.24) is 0 Å². The van der Waals surface area contributed by atoms with Crippen LogP contribution in [0.5, 0.6) is 0 Å². The lowest BCUT2D eigenvalue weighted by molar-refractivity contribution is -0.117. The molecule has 168 valence electrons. The Balaban J connectivity index is 0.000000285. The van der Waals surface area contributed by atoms with E-state index in [-0.39, 0.29) is 11.9 Å². The third-order valence-corrected chi connectivity index (χ3v) is 5.87. The molecule has 31 heavy (non-hydrogen) atoms. The standard InChI is InChI=1S/C18H28N2O.C7H8N2O/c1-6-10-19(7-2)17-8-9-18-16(12-17)11-13(3)14(4)20(18)15(5)21;8-6-3-1-5(2-4-6)7(9)10/h8-9,12-14H,6-7,10-11H2,1-5H3;1-4H,8H2,(H2,9,10)/t13?,14-;/m0./s1. The van der Waals surface area contributed by atoms with Crippen molar-refractivity contribution >= 4 is 28.9 Å². The summed E-state index contributed by atoms with van der Waals surface area (Å²) in [5.41, 5.74) is 15.2. The molecular weight excluding hydrogens is 388 g/mol. The normalized spacial score (nSPS) is 17.3. The van der Waals surface area contributed by atoms with E-state index in [4.69, 9.17) is 11.5 Å². The predicted molar refractivity (Wildman–Crippen MR) is 129 cm³/mol. The molecule has 2 aromatic carbocycles.